The van der Waals surface area contributed by atoms with Gasteiger partial charge in [-0.2, -0.15) is 0 Å². The Kier molecular flexibility index (Phi) is 3.07. The van der Waals surface area contributed by atoms with Crippen LogP contribution in [-0.2, 0) is 24.7 Å². The van der Waals surface area contributed by atoms with E-state index in [4.69, 9.17) is 0 Å². The second-order valence-corrected chi connectivity index (χ2v) is 7.76. The molecule has 3 atom stereocenters. The van der Waals surface area contributed by atoms with Gasteiger partial charge < -0.3 is 0 Å². The molecule has 0 aliphatic heterocycles. The number of aryl methyl sites for hydroxylation is 2. The van der Waals surface area contributed by atoms with Crippen LogP contribution in [0.3, 0.4) is 0 Å². The van der Waals surface area contributed by atoms with Crippen molar-refractivity contribution >= 4 is 0 Å². The molecule has 0 bridgehead atoms. The van der Waals surface area contributed by atoms with Gasteiger partial charge in [-0.25, -0.2) is 0 Å². The van der Waals surface area contributed by atoms with E-state index in [9.17, 15) is 0 Å². The Balaban J connectivity index is 2.00. The average Bonchev–Trinajstić information content (AvgIpc) is 2.67. The van der Waals surface area contributed by atoms with Crippen LogP contribution in [0.2, 0.25) is 0 Å². The fraction of sp³-hybridized carbons (Fsp3) is 0.619. The first-order valence-electron chi connectivity index (χ1n) is 8.99. The van der Waals surface area contributed by atoms with Crippen molar-refractivity contribution in [1.29, 1.82) is 0 Å². The van der Waals surface area contributed by atoms with Crippen molar-refractivity contribution in [2.45, 2.75) is 71.1 Å². The Morgan fingerprint density at radius 3 is 2.90 bits per heavy atom. The highest BCUT2D eigenvalue weighted by Gasteiger charge is 2.49. The summed E-state index contributed by atoms with van der Waals surface area (Å²) in [6, 6.07) is 2.51. The molecule has 0 radical (unpaired) electrons. The minimum Gasteiger partial charge on any atom is -0.0848 e. The smallest absolute Gasteiger partial charge is 0.0169 e. The minimum atomic E-state index is 0.406. The van der Waals surface area contributed by atoms with E-state index in [0.29, 0.717) is 5.41 Å². The third-order valence-corrected chi connectivity index (χ3v) is 6.53. The zero-order chi connectivity index (χ0) is 14.6. The molecule has 3 unspecified atom stereocenters. The van der Waals surface area contributed by atoms with Crippen LogP contribution in [0, 0.1) is 18.8 Å². The molecule has 1 spiro atoms. The molecule has 3 aliphatic rings. The molecule has 0 saturated heterocycles. The van der Waals surface area contributed by atoms with Gasteiger partial charge in [-0.05, 0) is 85.1 Å². The first kappa shape index (κ1) is 13.6. The number of hydrogen-bond acceptors (Lipinski definition) is 0. The summed E-state index contributed by atoms with van der Waals surface area (Å²) in [4.78, 5) is 0. The topological polar surface area (TPSA) is 0 Å². The average molecular weight is 280 g/mol. The summed E-state index contributed by atoms with van der Waals surface area (Å²) in [6.07, 6.45) is 14.6. The molecule has 0 N–H and O–H groups in total. The lowest BCUT2D eigenvalue weighted by molar-refractivity contribution is 0.275. The van der Waals surface area contributed by atoms with Crippen LogP contribution in [0.1, 0.15) is 67.3 Å². The molecular formula is C21H28. The highest BCUT2D eigenvalue weighted by atomic mass is 14.5. The maximum atomic E-state index is 2.64. The van der Waals surface area contributed by atoms with Crippen LogP contribution in [0.15, 0.2) is 18.2 Å². The first-order valence-corrected chi connectivity index (χ1v) is 8.99. The van der Waals surface area contributed by atoms with E-state index in [1.54, 1.807) is 27.8 Å². The standard InChI is InChI=1S/C21H28/c1-4-16-12-15(3)18-7-5-6-9-21-10-8-14(2)11-17(21)13-19(16)20(18)21/h8,10,12,14,17H,4-7,9,11,13H2,1-3H3. The molecule has 4 rings (SSSR count). The molecule has 21 heavy (non-hydrogen) atoms. The van der Waals surface area contributed by atoms with Gasteiger partial charge in [0.25, 0.3) is 0 Å². The van der Waals surface area contributed by atoms with Gasteiger partial charge in [-0.3, -0.25) is 0 Å². The van der Waals surface area contributed by atoms with Crippen molar-refractivity contribution < 1.29 is 0 Å². The summed E-state index contributed by atoms with van der Waals surface area (Å²) in [6.45, 7) is 7.09. The highest BCUT2D eigenvalue weighted by molar-refractivity contribution is 5.57. The molecule has 0 fully saturated rings. The van der Waals surface area contributed by atoms with Crippen LogP contribution in [-0.4, -0.2) is 0 Å². The Labute approximate surface area is 129 Å². The molecular weight excluding hydrogens is 252 g/mol. The zero-order valence-corrected chi connectivity index (χ0v) is 13.8. The number of rotatable bonds is 1. The third kappa shape index (κ3) is 1.81. The molecule has 0 nitrogen and oxygen atoms in total. The SMILES string of the molecule is CCc1cc(C)c2c3c1CC1CC(C)C=CC31CCCC2. The summed E-state index contributed by atoms with van der Waals surface area (Å²) in [5.74, 6) is 1.64. The number of benzene rings is 1. The van der Waals surface area contributed by atoms with Gasteiger partial charge in [0.05, 0.1) is 0 Å². The van der Waals surface area contributed by atoms with Crippen molar-refractivity contribution in [2.24, 2.45) is 11.8 Å². The fourth-order valence-electron chi connectivity index (χ4n) is 5.55. The van der Waals surface area contributed by atoms with Crippen LogP contribution in [0.4, 0.5) is 0 Å². The Hall–Kier alpha value is -1.04. The van der Waals surface area contributed by atoms with Gasteiger partial charge in [0.2, 0.25) is 0 Å². The van der Waals surface area contributed by atoms with Gasteiger partial charge in [0, 0.05) is 5.41 Å². The molecule has 0 heteroatoms. The van der Waals surface area contributed by atoms with Crippen LogP contribution in [0.25, 0.3) is 0 Å². The molecule has 0 saturated carbocycles. The van der Waals surface area contributed by atoms with E-state index in [1.165, 1.54) is 44.9 Å². The van der Waals surface area contributed by atoms with Gasteiger partial charge in [0.15, 0.2) is 0 Å². The normalized spacial score (nSPS) is 33.5. The lowest BCUT2D eigenvalue weighted by Gasteiger charge is -2.39. The van der Waals surface area contributed by atoms with E-state index in [1.807, 2.05) is 0 Å². The monoisotopic (exact) mass is 280 g/mol. The van der Waals surface area contributed by atoms with E-state index in [2.05, 4.69) is 39.0 Å². The number of hydrogen-bond donors (Lipinski definition) is 0. The molecule has 0 heterocycles. The van der Waals surface area contributed by atoms with Crippen molar-refractivity contribution in [2.75, 3.05) is 0 Å². The van der Waals surface area contributed by atoms with Gasteiger partial charge in [-0.15, -0.1) is 0 Å². The zero-order valence-electron chi connectivity index (χ0n) is 13.8. The van der Waals surface area contributed by atoms with Crippen LogP contribution in [0.5, 0.6) is 0 Å². The Morgan fingerprint density at radius 1 is 1.24 bits per heavy atom. The van der Waals surface area contributed by atoms with E-state index >= 15 is 0 Å². The Morgan fingerprint density at radius 2 is 2.10 bits per heavy atom. The summed E-state index contributed by atoms with van der Waals surface area (Å²) in [7, 11) is 0. The Bertz CT molecular complexity index is 607. The van der Waals surface area contributed by atoms with Gasteiger partial charge in [-0.1, -0.05) is 38.5 Å². The van der Waals surface area contributed by atoms with Crippen LogP contribution < -0.4 is 0 Å². The third-order valence-electron chi connectivity index (χ3n) is 6.53. The van der Waals surface area contributed by atoms with E-state index in [0.717, 1.165) is 11.8 Å². The van der Waals surface area contributed by atoms with Crippen molar-refractivity contribution in [3.8, 4) is 0 Å². The highest BCUT2D eigenvalue weighted by Crippen LogP contribution is 2.56. The van der Waals surface area contributed by atoms with E-state index < -0.39 is 0 Å². The minimum absolute atomic E-state index is 0.406. The van der Waals surface area contributed by atoms with Crippen molar-refractivity contribution in [3.05, 3.63) is 46.0 Å². The number of allylic oxidation sites excluding steroid dienone is 2. The summed E-state index contributed by atoms with van der Waals surface area (Å²) >= 11 is 0. The maximum Gasteiger partial charge on any atom is 0.0169 e. The predicted octanol–water partition coefficient (Wildman–Crippen LogP) is 5.29. The lowest BCUT2D eigenvalue weighted by atomic mass is 9.65. The van der Waals surface area contributed by atoms with Gasteiger partial charge >= 0.3 is 0 Å². The maximum absolute atomic E-state index is 2.64. The predicted molar refractivity (Wildman–Crippen MR) is 89.9 cm³/mol. The van der Waals surface area contributed by atoms with Crippen LogP contribution >= 0.6 is 0 Å². The fourth-order valence-corrected chi connectivity index (χ4v) is 5.55. The molecule has 1 aromatic carbocycles. The van der Waals surface area contributed by atoms with Gasteiger partial charge in [0.1, 0.15) is 0 Å². The van der Waals surface area contributed by atoms with E-state index in [-0.39, 0.29) is 0 Å². The molecule has 0 aromatic heterocycles. The largest absolute Gasteiger partial charge is 0.0848 e. The second-order valence-electron chi connectivity index (χ2n) is 7.76. The summed E-state index contributed by atoms with van der Waals surface area (Å²) < 4.78 is 0. The molecule has 0 amide bonds. The second kappa shape index (κ2) is 4.73. The first-order chi connectivity index (χ1) is 10.2. The summed E-state index contributed by atoms with van der Waals surface area (Å²) in [5, 5.41) is 0. The summed E-state index contributed by atoms with van der Waals surface area (Å²) in [5.41, 5.74) is 8.89. The quantitative estimate of drug-likeness (QED) is 0.613. The molecule has 112 valence electrons. The molecule has 3 aliphatic carbocycles. The lowest BCUT2D eigenvalue weighted by Crippen LogP contribution is -2.33. The van der Waals surface area contributed by atoms with Crippen molar-refractivity contribution in [3.63, 3.8) is 0 Å². The molecule has 1 aromatic rings. The van der Waals surface area contributed by atoms with Crippen molar-refractivity contribution in [1.82, 2.24) is 0 Å².